The molecule has 6 heteroatoms. The topological polar surface area (TPSA) is 64.7 Å². The van der Waals surface area contributed by atoms with E-state index in [2.05, 4.69) is 96.0 Å². The predicted octanol–water partition coefficient (Wildman–Crippen LogP) is 11.4. The zero-order chi connectivity index (χ0) is 31.6. The van der Waals surface area contributed by atoms with Crippen molar-refractivity contribution in [3.05, 3.63) is 146 Å². The van der Waals surface area contributed by atoms with Gasteiger partial charge in [0.25, 0.3) is 0 Å². The SMILES string of the molecule is c1ccc(-c2nc(-c3ccc4ccccc4c3)nc(-c3cncc4oc5c(-c6cccc7sc8ccccc8c67)cccc5c34)n2)cc1. The molecule has 4 aromatic heterocycles. The van der Waals surface area contributed by atoms with Crippen LogP contribution in [-0.4, -0.2) is 19.9 Å². The molecule has 10 rings (SSSR count). The summed E-state index contributed by atoms with van der Waals surface area (Å²) in [6.45, 7) is 0. The van der Waals surface area contributed by atoms with Gasteiger partial charge in [-0.3, -0.25) is 4.98 Å². The fraction of sp³-hybridized carbons (Fsp3) is 0. The molecule has 0 atom stereocenters. The van der Waals surface area contributed by atoms with E-state index in [1.54, 1.807) is 6.20 Å². The maximum absolute atomic E-state index is 6.69. The van der Waals surface area contributed by atoms with Crippen LogP contribution in [0.1, 0.15) is 0 Å². The first-order valence-electron chi connectivity index (χ1n) is 15.8. The highest BCUT2D eigenvalue weighted by Crippen LogP contribution is 2.44. The van der Waals surface area contributed by atoms with Crippen molar-refractivity contribution in [3.8, 4) is 45.3 Å². The number of aromatic nitrogens is 4. The molecule has 0 unspecified atom stereocenters. The minimum absolute atomic E-state index is 0.546. The quantitative estimate of drug-likeness (QED) is 0.193. The Hall–Kier alpha value is -6.24. The normalized spacial score (nSPS) is 11.8. The van der Waals surface area contributed by atoms with Gasteiger partial charge in [0.2, 0.25) is 0 Å². The molecule has 0 radical (unpaired) electrons. The average molecular weight is 633 g/mol. The molecule has 5 nitrogen and oxygen atoms in total. The lowest BCUT2D eigenvalue weighted by atomic mass is 9.97. The van der Waals surface area contributed by atoms with Crippen LogP contribution < -0.4 is 0 Å². The van der Waals surface area contributed by atoms with Crippen molar-refractivity contribution >= 4 is 64.2 Å². The molecular formula is C42H24N4OS. The van der Waals surface area contributed by atoms with Crippen molar-refractivity contribution in [2.45, 2.75) is 0 Å². The van der Waals surface area contributed by atoms with Gasteiger partial charge in [0.1, 0.15) is 5.58 Å². The monoisotopic (exact) mass is 632 g/mol. The third-order valence-electron chi connectivity index (χ3n) is 9.02. The van der Waals surface area contributed by atoms with E-state index < -0.39 is 0 Å². The molecule has 0 amide bonds. The maximum atomic E-state index is 6.69. The van der Waals surface area contributed by atoms with E-state index >= 15 is 0 Å². The molecule has 6 aromatic carbocycles. The molecule has 0 aliphatic rings. The molecule has 0 fully saturated rings. The van der Waals surface area contributed by atoms with Crippen LogP contribution in [0.3, 0.4) is 0 Å². The van der Waals surface area contributed by atoms with E-state index in [-0.39, 0.29) is 0 Å². The highest BCUT2D eigenvalue weighted by Gasteiger charge is 2.21. The van der Waals surface area contributed by atoms with Crippen molar-refractivity contribution in [2.75, 3.05) is 0 Å². The molecule has 0 aliphatic heterocycles. The summed E-state index contributed by atoms with van der Waals surface area (Å²) in [5.41, 5.74) is 6.33. The number of rotatable bonds is 4. The lowest BCUT2D eigenvalue weighted by Gasteiger charge is -2.09. The molecule has 0 saturated carbocycles. The summed E-state index contributed by atoms with van der Waals surface area (Å²) >= 11 is 1.82. The van der Waals surface area contributed by atoms with Crippen molar-refractivity contribution in [1.82, 2.24) is 19.9 Å². The van der Waals surface area contributed by atoms with Gasteiger partial charge < -0.3 is 4.42 Å². The van der Waals surface area contributed by atoms with E-state index in [4.69, 9.17) is 19.4 Å². The van der Waals surface area contributed by atoms with Gasteiger partial charge in [0, 0.05) is 59.4 Å². The molecule has 48 heavy (non-hydrogen) atoms. The molecule has 0 saturated heterocycles. The smallest absolute Gasteiger partial charge is 0.166 e. The Labute approximate surface area is 278 Å². The Morgan fingerprint density at radius 2 is 1.17 bits per heavy atom. The second-order valence-corrected chi connectivity index (χ2v) is 12.9. The standard InChI is InChI=1S/C42H24N4OS/c1-2-11-26(12-3-1)40-44-41(28-21-20-25-10-4-5-13-27(25)22-28)46-42(45-40)33-23-43-24-34-37(33)32-17-8-16-30(39(32)47-34)29-15-9-19-36-38(29)31-14-6-7-18-35(31)48-36/h1-24H. The van der Waals surface area contributed by atoms with Crippen LogP contribution in [0.2, 0.25) is 0 Å². The van der Waals surface area contributed by atoms with Gasteiger partial charge >= 0.3 is 0 Å². The lowest BCUT2D eigenvalue weighted by Crippen LogP contribution is -2.00. The van der Waals surface area contributed by atoms with E-state index in [1.165, 1.54) is 25.6 Å². The number of pyridine rings is 1. The van der Waals surface area contributed by atoms with E-state index in [9.17, 15) is 0 Å². The lowest BCUT2D eigenvalue weighted by molar-refractivity contribution is 0.668. The van der Waals surface area contributed by atoms with Crippen LogP contribution in [0.5, 0.6) is 0 Å². The molecule has 4 heterocycles. The predicted molar refractivity (Wildman–Crippen MR) is 197 cm³/mol. The van der Waals surface area contributed by atoms with Gasteiger partial charge in [-0.1, -0.05) is 115 Å². The molecule has 0 bridgehead atoms. The number of para-hydroxylation sites is 1. The average Bonchev–Trinajstić information content (AvgIpc) is 3.74. The Bertz CT molecular complexity index is 2860. The number of hydrogen-bond donors (Lipinski definition) is 0. The van der Waals surface area contributed by atoms with E-state index in [1.807, 2.05) is 60.0 Å². The van der Waals surface area contributed by atoms with Gasteiger partial charge in [-0.25, -0.2) is 15.0 Å². The van der Waals surface area contributed by atoms with Crippen LogP contribution in [0.25, 0.3) is 98.2 Å². The third kappa shape index (κ3) is 4.24. The van der Waals surface area contributed by atoms with Crippen molar-refractivity contribution < 1.29 is 4.42 Å². The molecular weight excluding hydrogens is 609 g/mol. The zero-order valence-corrected chi connectivity index (χ0v) is 26.3. The molecule has 10 aromatic rings. The minimum atomic E-state index is 0.546. The van der Waals surface area contributed by atoms with Crippen LogP contribution >= 0.6 is 11.3 Å². The number of fused-ring (bicyclic) bond motifs is 7. The van der Waals surface area contributed by atoms with E-state index in [0.29, 0.717) is 23.1 Å². The van der Waals surface area contributed by atoms with Crippen molar-refractivity contribution in [2.24, 2.45) is 0 Å². The Balaban J connectivity index is 1.22. The third-order valence-corrected chi connectivity index (χ3v) is 10.2. The first-order chi connectivity index (χ1) is 23.8. The van der Waals surface area contributed by atoms with Crippen molar-refractivity contribution in [1.29, 1.82) is 0 Å². The number of benzene rings is 6. The summed E-state index contributed by atoms with van der Waals surface area (Å²) < 4.78 is 9.21. The summed E-state index contributed by atoms with van der Waals surface area (Å²) in [6, 6.07) is 46.2. The summed E-state index contributed by atoms with van der Waals surface area (Å²) in [4.78, 5) is 19.7. The minimum Gasteiger partial charge on any atom is -0.454 e. The van der Waals surface area contributed by atoms with Gasteiger partial charge in [-0.05, 0) is 34.5 Å². The summed E-state index contributed by atoms with van der Waals surface area (Å²) in [5.74, 6) is 1.75. The van der Waals surface area contributed by atoms with Gasteiger partial charge in [-0.2, -0.15) is 0 Å². The highest BCUT2D eigenvalue weighted by molar-refractivity contribution is 7.25. The zero-order valence-electron chi connectivity index (χ0n) is 25.5. The number of nitrogens with zero attached hydrogens (tertiary/aromatic N) is 4. The summed E-state index contributed by atoms with van der Waals surface area (Å²) in [7, 11) is 0. The number of hydrogen-bond acceptors (Lipinski definition) is 6. The van der Waals surface area contributed by atoms with Crippen LogP contribution in [0.4, 0.5) is 0 Å². The van der Waals surface area contributed by atoms with Crippen LogP contribution in [0.15, 0.2) is 150 Å². The van der Waals surface area contributed by atoms with E-state index in [0.717, 1.165) is 49.6 Å². The molecule has 0 N–H and O–H groups in total. The number of thiophene rings is 1. The maximum Gasteiger partial charge on any atom is 0.166 e. The molecule has 0 aliphatic carbocycles. The second kappa shape index (κ2) is 10.7. The largest absolute Gasteiger partial charge is 0.454 e. The Kier molecular flexibility index (Phi) is 5.98. The van der Waals surface area contributed by atoms with Gasteiger partial charge in [0.05, 0.1) is 6.20 Å². The fourth-order valence-electron chi connectivity index (χ4n) is 6.80. The van der Waals surface area contributed by atoms with Gasteiger partial charge in [-0.15, -0.1) is 11.3 Å². The van der Waals surface area contributed by atoms with Gasteiger partial charge in [0.15, 0.2) is 23.1 Å². The van der Waals surface area contributed by atoms with Crippen LogP contribution in [0, 0.1) is 0 Å². The summed E-state index contributed by atoms with van der Waals surface area (Å²) in [6.07, 6.45) is 3.62. The second-order valence-electron chi connectivity index (χ2n) is 11.9. The Morgan fingerprint density at radius 3 is 2.08 bits per heavy atom. The first-order valence-corrected chi connectivity index (χ1v) is 16.6. The summed E-state index contributed by atoms with van der Waals surface area (Å²) in [5, 5.41) is 6.71. The van der Waals surface area contributed by atoms with Crippen LogP contribution in [-0.2, 0) is 0 Å². The molecule has 224 valence electrons. The van der Waals surface area contributed by atoms with Crippen molar-refractivity contribution in [3.63, 3.8) is 0 Å². The first kappa shape index (κ1) is 26.9. The molecule has 0 spiro atoms. The fourth-order valence-corrected chi connectivity index (χ4v) is 7.93. The number of furan rings is 1. The Morgan fingerprint density at radius 1 is 0.458 bits per heavy atom. The highest BCUT2D eigenvalue weighted by atomic mass is 32.1.